The van der Waals surface area contributed by atoms with Crippen molar-refractivity contribution < 1.29 is 14.3 Å². The summed E-state index contributed by atoms with van der Waals surface area (Å²) in [6.45, 7) is 3.84. The minimum absolute atomic E-state index is 0.00866. The number of aliphatic imine (C=N–C) groups is 1. The summed E-state index contributed by atoms with van der Waals surface area (Å²) in [5.74, 6) is 0.299. The van der Waals surface area contributed by atoms with Gasteiger partial charge in [0, 0.05) is 12.2 Å². The first-order valence-corrected chi connectivity index (χ1v) is 8.63. The first-order chi connectivity index (χ1) is 11.1. The molecule has 2 aliphatic heterocycles. The lowest BCUT2D eigenvalue weighted by atomic mass is 10.00. The van der Waals surface area contributed by atoms with Gasteiger partial charge in [-0.2, -0.15) is 0 Å². The molecule has 0 bridgehead atoms. The lowest BCUT2D eigenvalue weighted by molar-refractivity contribution is -0.137. The Balaban J connectivity index is 2.19. The molecule has 0 N–H and O–H groups in total. The second-order valence-electron chi connectivity index (χ2n) is 5.24. The maximum Gasteiger partial charge on any atom is 0.342 e. The number of fused-ring (bicyclic) bond motifs is 1. The first kappa shape index (κ1) is 15.8. The molecular formula is C17H18N2O3S. The van der Waals surface area contributed by atoms with Crippen molar-refractivity contribution in [2.24, 2.45) is 4.99 Å². The maximum atomic E-state index is 12.5. The smallest absolute Gasteiger partial charge is 0.342 e. The second kappa shape index (κ2) is 6.58. The van der Waals surface area contributed by atoms with E-state index in [0.29, 0.717) is 23.4 Å². The molecule has 120 valence electrons. The van der Waals surface area contributed by atoms with Crippen LogP contribution in [0.5, 0.6) is 0 Å². The molecule has 1 aromatic rings. The Bertz CT molecular complexity index is 697. The Hall–Kier alpha value is -2.08. The SMILES string of the molecule is CCOC(=O)C1=C(c2ccccc2)N2C(=O)CCSC2N=C1C. The summed E-state index contributed by atoms with van der Waals surface area (Å²) in [5.41, 5.74) is 2.13. The third-order valence-electron chi connectivity index (χ3n) is 3.74. The number of benzene rings is 1. The van der Waals surface area contributed by atoms with Gasteiger partial charge in [0.25, 0.3) is 0 Å². The normalized spacial score (nSPS) is 21.0. The van der Waals surface area contributed by atoms with Gasteiger partial charge in [0.1, 0.15) is 5.57 Å². The van der Waals surface area contributed by atoms with E-state index in [1.54, 1.807) is 30.5 Å². The van der Waals surface area contributed by atoms with Gasteiger partial charge in [0.05, 0.1) is 18.0 Å². The molecule has 0 saturated carbocycles. The standard InChI is InChI=1S/C17H18N2O3S/c1-3-22-16(21)14-11(2)18-17-19(13(20)9-10-23-17)15(14)12-7-5-4-6-8-12/h4-8,17H,3,9-10H2,1-2H3. The fourth-order valence-corrected chi connectivity index (χ4v) is 3.86. The highest BCUT2D eigenvalue weighted by Gasteiger charge is 2.39. The number of nitrogens with zero attached hydrogens (tertiary/aromatic N) is 2. The molecule has 5 nitrogen and oxygen atoms in total. The van der Waals surface area contributed by atoms with Crippen LogP contribution in [0.15, 0.2) is 40.9 Å². The minimum Gasteiger partial charge on any atom is -0.462 e. The molecule has 3 rings (SSSR count). The molecule has 0 spiro atoms. The van der Waals surface area contributed by atoms with E-state index in [0.717, 1.165) is 11.3 Å². The van der Waals surface area contributed by atoms with Gasteiger partial charge in [0.2, 0.25) is 5.91 Å². The van der Waals surface area contributed by atoms with Gasteiger partial charge in [0.15, 0.2) is 5.50 Å². The van der Waals surface area contributed by atoms with Gasteiger partial charge in [-0.25, -0.2) is 4.79 Å². The topological polar surface area (TPSA) is 59.0 Å². The molecule has 1 atom stereocenters. The molecule has 0 radical (unpaired) electrons. The van der Waals surface area contributed by atoms with Crippen molar-refractivity contribution >= 4 is 35.0 Å². The van der Waals surface area contributed by atoms with Crippen LogP contribution in [0, 0.1) is 0 Å². The third-order valence-corrected chi connectivity index (χ3v) is 4.80. The van der Waals surface area contributed by atoms with Crippen LogP contribution in [0.1, 0.15) is 25.8 Å². The number of hydrogen-bond acceptors (Lipinski definition) is 5. The van der Waals surface area contributed by atoms with Crippen molar-refractivity contribution in [3.63, 3.8) is 0 Å². The van der Waals surface area contributed by atoms with Crippen LogP contribution >= 0.6 is 11.8 Å². The Labute approximate surface area is 139 Å². The molecule has 1 aromatic carbocycles. The largest absolute Gasteiger partial charge is 0.462 e. The van der Waals surface area contributed by atoms with Gasteiger partial charge in [-0.3, -0.25) is 14.7 Å². The van der Waals surface area contributed by atoms with Crippen LogP contribution in [-0.2, 0) is 14.3 Å². The van der Waals surface area contributed by atoms with E-state index in [-0.39, 0.29) is 18.0 Å². The van der Waals surface area contributed by atoms with Crippen molar-refractivity contribution in [2.75, 3.05) is 12.4 Å². The number of carbonyl (C=O) groups is 2. The monoisotopic (exact) mass is 330 g/mol. The van der Waals surface area contributed by atoms with E-state index in [1.807, 2.05) is 30.3 Å². The molecular weight excluding hydrogens is 312 g/mol. The number of esters is 1. The molecule has 0 aromatic heterocycles. The summed E-state index contributed by atoms with van der Waals surface area (Å²) in [6.07, 6.45) is 0.447. The van der Waals surface area contributed by atoms with Gasteiger partial charge in [-0.05, 0) is 19.4 Å². The van der Waals surface area contributed by atoms with E-state index in [2.05, 4.69) is 4.99 Å². The molecule has 1 fully saturated rings. The van der Waals surface area contributed by atoms with Crippen molar-refractivity contribution in [3.05, 3.63) is 41.5 Å². The highest BCUT2D eigenvalue weighted by molar-refractivity contribution is 8.00. The summed E-state index contributed by atoms with van der Waals surface area (Å²) in [4.78, 5) is 31.2. The summed E-state index contributed by atoms with van der Waals surface area (Å²) in [7, 11) is 0. The summed E-state index contributed by atoms with van der Waals surface area (Å²) < 4.78 is 5.20. The fraction of sp³-hybridized carbons (Fsp3) is 0.353. The predicted octanol–water partition coefficient (Wildman–Crippen LogP) is 2.68. The van der Waals surface area contributed by atoms with Crippen LogP contribution in [0.3, 0.4) is 0 Å². The second-order valence-corrected chi connectivity index (χ2v) is 6.40. The fourth-order valence-electron chi connectivity index (χ4n) is 2.75. The van der Waals surface area contributed by atoms with Crippen molar-refractivity contribution in [1.29, 1.82) is 0 Å². The molecule has 23 heavy (non-hydrogen) atoms. The first-order valence-electron chi connectivity index (χ1n) is 7.58. The Morgan fingerprint density at radius 3 is 2.83 bits per heavy atom. The van der Waals surface area contributed by atoms with Crippen molar-refractivity contribution in [3.8, 4) is 0 Å². The van der Waals surface area contributed by atoms with E-state index in [4.69, 9.17) is 4.74 Å². The molecule has 1 unspecified atom stereocenters. The van der Waals surface area contributed by atoms with Gasteiger partial charge < -0.3 is 4.74 Å². The zero-order chi connectivity index (χ0) is 16.4. The molecule has 6 heteroatoms. The lowest BCUT2D eigenvalue weighted by Crippen LogP contribution is -2.44. The lowest BCUT2D eigenvalue weighted by Gasteiger charge is -2.38. The molecule has 2 heterocycles. The number of amides is 1. The Morgan fingerprint density at radius 1 is 1.39 bits per heavy atom. The maximum absolute atomic E-state index is 12.5. The Kier molecular flexibility index (Phi) is 4.52. The van der Waals surface area contributed by atoms with Crippen molar-refractivity contribution in [2.45, 2.75) is 25.8 Å². The van der Waals surface area contributed by atoms with E-state index < -0.39 is 5.97 Å². The van der Waals surface area contributed by atoms with Crippen LogP contribution in [0.4, 0.5) is 0 Å². The highest BCUT2D eigenvalue weighted by Crippen LogP contribution is 2.38. The van der Waals surface area contributed by atoms with Gasteiger partial charge in [-0.15, -0.1) is 11.8 Å². The average molecular weight is 330 g/mol. The van der Waals surface area contributed by atoms with E-state index in [9.17, 15) is 9.59 Å². The zero-order valence-corrected chi connectivity index (χ0v) is 13.9. The summed E-state index contributed by atoms with van der Waals surface area (Å²) >= 11 is 1.61. The van der Waals surface area contributed by atoms with Gasteiger partial charge in [-0.1, -0.05) is 30.3 Å². The van der Waals surface area contributed by atoms with Crippen LogP contribution in [-0.4, -0.2) is 40.3 Å². The number of thioether (sulfide) groups is 1. The number of hydrogen-bond donors (Lipinski definition) is 0. The van der Waals surface area contributed by atoms with Crippen LogP contribution in [0.25, 0.3) is 5.70 Å². The minimum atomic E-state index is -0.436. The Morgan fingerprint density at radius 2 is 2.13 bits per heavy atom. The average Bonchev–Trinajstić information content (AvgIpc) is 2.54. The number of rotatable bonds is 3. The predicted molar refractivity (Wildman–Crippen MR) is 90.8 cm³/mol. The van der Waals surface area contributed by atoms with E-state index >= 15 is 0 Å². The molecule has 2 aliphatic rings. The zero-order valence-electron chi connectivity index (χ0n) is 13.1. The quantitative estimate of drug-likeness (QED) is 0.800. The van der Waals surface area contributed by atoms with E-state index in [1.165, 1.54) is 0 Å². The van der Waals surface area contributed by atoms with Crippen LogP contribution < -0.4 is 0 Å². The van der Waals surface area contributed by atoms with Crippen molar-refractivity contribution in [1.82, 2.24) is 4.90 Å². The van der Waals surface area contributed by atoms with Gasteiger partial charge >= 0.3 is 5.97 Å². The molecule has 1 saturated heterocycles. The number of carbonyl (C=O) groups excluding carboxylic acids is 2. The van der Waals surface area contributed by atoms with Crippen LogP contribution in [0.2, 0.25) is 0 Å². The molecule has 0 aliphatic carbocycles. The highest BCUT2D eigenvalue weighted by atomic mass is 32.2. The summed E-state index contributed by atoms with van der Waals surface area (Å²) in [5, 5.41) is 0. The molecule has 1 amide bonds. The number of ether oxygens (including phenoxy) is 1. The third kappa shape index (κ3) is 2.91. The summed E-state index contributed by atoms with van der Waals surface area (Å²) in [6, 6.07) is 9.49.